The maximum Gasteiger partial charge on any atom is 0.222 e. The Kier molecular flexibility index (Phi) is 5.89. The summed E-state index contributed by atoms with van der Waals surface area (Å²) in [4.78, 5) is 18.0. The van der Waals surface area contributed by atoms with Gasteiger partial charge in [0.2, 0.25) is 5.91 Å². The van der Waals surface area contributed by atoms with Crippen molar-refractivity contribution in [1.82, 2.24) is 9.88 Å². The number of ether oxygens (including phenoxy) is 1. The SMILES string of the molecule is O=C(CCCCC1CCSS1)N1CC(Oc2cccnc2)C1. The highest BCUT2D eigenvalue weighted by Gasteiger charge is 2.31. The van der Waals surface area contributed by atoms with Crippen LogP contribution in [0, 0.1) is 0 Å². The van der Waals surface area contributed by atoms with Gasteiger partial charge in [-0.2, -0.15) is 0 Å². The van der Waals surface area contributed by atoms with Crippen LogP contribution in [0.4, 0.5) is 0 Å². The second-order valence-electron chi connectivity index (χ2n) is 5.80. The van der Waals surface area contributed by atoms with Gasteiger partial charge in [0, 0.05) is 23.6 Å². The first kappa shape index (κ1) is 16.0. The standard InChI is InChI=1S/C16H22N2O2S2/c19-16(6-2-1-5-15-7-9-21-22-15)18-11-14(12-18)20-13-4-3-8-17-10-13/h3-4,8,10,14-15H,1-2,5-7,9,11-12H2. The first-order chi connectivity index (χ1) is 10.8. The zero-order chi connectivity index (χ0) is 15.2. The van der Waals surface area contributed by atoms with Crippen molar-refractivity contribution in [3.8, 4) is 5.75 Å². The Hall–Kier alpha value is -0.880. The van der Waals surface area contributed by atoms with E-state index in [4.69, 9.17) is 4.74 Å². The Morgan fingerprint density at radius 2 is 2.32 bits per heavy atom. The zero-order valence-corrected chi connectivity index (χ0v) is 14.3. The van der Waals surface area contributed by atoms with Gasteiger partial charge >= 0.3 is 0 Å². The minimum absolute atomic E-state index is 0.125. The minimum Gasteiger partial charge on any atom is -0.485 e. The smallest absolute Gasteiger partial charge is 0.222 e. The molecule has 1 unspecified atom stereocenters. The normalized spacial score (nSPS) is 21.6. The Morgan fingerprint density at radius 3 is 3.05 bits per heavy atom. The molecule has 0 N–H and O–H groups in total. The van der Waals surface area contributed by atoms with Crippen LogP contribution in [0.15, 0.2) is 24.5 Å². The molecule has 0 spiro atoms. The number of carbonyl (C=O) groups excluding carboxylic acids is 1. The largest absolute Gasteiger partial charge is 0.485 e. The molecule has 0 aromatic carbocycles. The third-order valence-electron chi connectivity index (χ3n) is 4.03. The summed E-state index contributed by atoms with van der Waals surface area (Å²) in [6, 6.07) is 3.76. The number of unbranched alkanes of at least 4 members (excludes halogenated alkanes) is 1. The fourth-order valence-electron chi connectivity index (χ4n) is 2.70. The lowest BCUT2D eigenvalue weighted by Gasteiger charge is -2.39. The first-order valence-corrected chi connectivity index (χ1v) is 10.3. The summed E-state index contributed by atoms with van der Waals surface area (Å²) in [6.07, 6.45) is 9.04. The van der Waals surface area contributed by atoms with Crippen molar-refractivity contribution in [2.75, 3.05) is 18.8 Å². The molecule has 1 atom stereocenters. The summed E-state index contributed by atoms with van der Waals surface area (Å²) in [5.74, 6) is 2.35. The molecule has 6 heteroatoms. The van der Waals surface area contributed by atoms with Crippen LogP contribution in [0.2, 0.25) is 0 Å². The van der Waals surface area contributed by atoms with Crippen molar-refractivity contribution in [2.24, 2.45) is 0 Å². The molecule has 1 aromatic rings. The van der Waals surface area contributed by atoms with Crippen LogP contribution in [-0.2, 0) is 4.79 Å². The first-order valence-electron chi connectivity index (χ1n) is 7.94. The Bertz CT molecular complexity index is 474. The molecular weight excluding hydrogens is 316 g/mol. The molecule has 1 amide bonds. The van der Waals surface area contributed by atoms with Gasteiger partial charge in [-0.1, -0.05) is 28.0 Å². The minimum atomic E-state index is 0.125. The number of hydrogen-bond acceptors (Lipinski definition) is 5. The van der Waals surface area contributed by atoms with Crippen LogP contribution in [0.1, 0.15) is 32.1 Å². The van der Waals surface area contributed by atoms with E-state index < -0.39 is 0 Å². The van der Waals surface area contributed by atoms with Crippen molar-refractivity contribution < 1.29 is 9.53 Å². The average Bonchev–Trinajstić information content (AvgIpc) is 3.01. The van der Waals surface area contributed by atoms with Gasteiger partial charge in [0.1, 0.15) is 11.9 Å². The van der Waals surface area contributed by atoms with E-state index in [-0.39, 0.29) is 12.0 Å². The van der Waals surface area contributed by atoms with Gasteiger partial charge in [0.05, 0.1) is 19.3 Å². The predicted octanol–water partition coefficient (Wildman–Crippen LogP) is 3.39. The van der Waals surface area contributed by atoms with E-state index in [9.17, 15) is 4.79 Å². The number of pyridine rings is 1. The molecule has 3 rings (SSSR count). The second kappa shape index (κ2) is 8.11. The van der Waals surface area contributed by atoms with Crippen molar-refractivity contribution in [2.45, 2.75) is 43.5 Å². The van der Waals surface area contributed by atoms with Gasteiger partial charge in [0.25, 0.3) is 0 Å². The molecule has 4 nitrogen and oxygen atoms in total. The third kappa shape index (κ3) is 4.56. The molecule has 120 valence electrons. The summed E-state index contributed by atoms with van der Waals surface area (Å²) in [5, 5.41) is 0.821. The quantitative estimate of drug-likeness (QED) is 0.563. The summed E-state index contributed by atoms with van der Waals surface area (Å²) in [5.41, 5.74) is 0. The Labute approximate surface area is 139 Å². The van der Waals surface area contributed by atoms with Crippen LogP contribution in [-0.4, -0.2) is 46.0 Å². The van der Waals surface area contributed by atoms with Gasteiger partial charge in [-0.25, -0.2) is 0 Å². The van der Waals surface area contributed by atoms with Crippen molar-refractivity contribution >= 4 is 27.5 Å². The fraction of sp³-hybridized carbons (Fsp3) is 0.625. The number of hydrogen-bond donors (Lipinski definition) is 0. The maximum absolute atomic E-state index is 12.1. The molecule has 0 bridgehead atoms. The van der Waals surface area contributed by atoms with E-state index in [1.807, 2.05) is 38.6 Å². The zero-order valence-electron chi connectivity index (χ0n) is 12.6. The Morgan fingerprint density at radius 1 is 1.41 bits per heavy atom. The van der Waals surface area contributed by atoms with Gasteiger partial charge < -0.3 is 9.64 Å². The number of nitrogens with zero attached hydrogens (tertiary/aromatic N) is 2. The molecule has 0 radical (unpaired) electrons. The van der Waals surface area contributed by atoms with Crippen LogP contribution in [0.5, 0.6) is 5.75 Å². The highest BCUT2D eigenvalue weighted by molar-refractivity contribution is 8.77. The fourth-order valence-corrected chi connectivity index (χ4v) is 5.72. The van der Waals surface area contributed by atoms with E-state index in [0.717, 1.165) is 17.4 Å². The average molecular weight is 338 g/mol. The van der Waals surface area contributed by atoms with Crippen molar-refractivity contribution in [3.63, 3.8) is 0 Å². The highest BCUT2D eigenvalue weighted by Crippen LogP contribution is 2.39. The molecule has 2 saturated heterocycles. The molecule has 2 aliphatic rings. The molecule has 22 heavy (non-hydrogen) atoms. The van der Waals surface area contributed by atoms with E-state index >= 15 is 0 Å². The lowest BCUT2D eigenvalue weighted by atomic mass is 10.1. The summed E-state index contributed by atoms with van der Waals surface area (Å²) >= 11 is 0. The van der Waals surface area contributed by atoms with Crippen molar-refractivity contribution in [1.29, 1.82) is 0 Å². The van der Waals surface area contributed by atoms with E-state index in [1.165, 1.54) is 25.0 Å². The molecule has 1 aromatic heterocycles. The van der Waals surface area contributed by atoms with Gasteiger partial charge in [-0.05, 0) is 31.4 Å². The lowest BCUT2D eigenvalue weighted by molar-refractivity contribution is -0.140. The molecule has 2 aliphatic heterocycles. The molecule has 0 saturated carbocycles. The van der Waals surface area contributed by atoms with Gasteiger partial charge in [-0.3, -0.25) is 9.78 Å². The summed E-state index contributed by atoms with van der Waals surface area (Å²) in [6.45, 7) is 1.42. The van der Waals surface area contributed by atoms with Gasteiger partial charge in [0.15, 0.2) is 0 Å². The Balaban J connectivity index is 1.27. The lowest BCUT2D eigenvalue weighted by Crippen LogP contribution is -2.56. The maximum atomic E-state index is 12.1. The van der Waals surface area contributed by atoms with E-state index in [2.05, 4.69) is 4.98 Å². The molecule has 0 aliphatic carbocycles. The van der Waals surface area contributed by atoms with Crippen LogP contribution in [0.25, 0.3) is 0 Å². The summed E-state index contributed by atoms with van der Waals surface area (Å²) < 4.78 is 5.76. The monoisotopic (exact) mass is 338 g/mol. The molecule has 2 fully saturated rings. The second-order valence-corrected chi connectivity index (χ2v) is 8.59. The van der Waals surface area contributed by atoms with Crippen molar-refractivity contribution in [3.05, 3.63) is 24.5 Å². The highest BCUT2D eigenvalue weighted by atomic mass is 33.1. The number of rotatable bonds is 7. The topological polar surface area (TPSA) is 42.4 Å². The number of likely N-dealkylation sites (tertiary alicyclic amines) is 1. The molecule has 3 heterocycles. The molecular formula is C16H22N2O2S2. The summed E-state index contributed by atoms with van der Waals surface area (Å²) in [7, 11) is 4.01. The van der Waals surface area contributed by atoms with Crippen LogP contribution < -0.4 is 4.74 Å². The predicted molar refractivity (Wildman–Crippen MR) is 92.2 cm³/mol. The number of carbonyl (C=O) groups is 1. The van der Waals surface area contributed by atoms with Crippen LogP contribution in [0.3, 0.4) is 0 Å². The third-order valence-corrected chi connectivity index (χ3v) is 7.04. The van der Waals surface area contributed by atoms with E-state index in [0.29, 0.717) is 19.5 Å². The van der Waals surface area contributed by atoms with E-state index in [1.54, 1.807) is 12.4 Å². The van der Waals surface area contributed by atoms with Crippen LogP contribution >= 0.6 is 21.6 Å². The number of aromatic nitrogens is 1. The van der Waals surface area contributed by atoms with Gasteiger partial charge in [-0.15, -0.1) is 0 Å². The number of amides is 1.